The fourth-order valence-electron chi connectivity index (χ4n) is 2.89. The van der Waals surface area contributed by atoms with E-state index in [2.05, 4.69) is 20.4 Å². The van der Waals surface area contributed by atoms with Gasteiger partial charge in [-0.15, -0.1) is 0 Å². The molecular weight excluding hydrogens is 392 g/mol. The quantitative estimate of drug-likeness (QED) is 0.495. The molecule has 0 aliphatic heterocycles. The van der Waals surface area contributed by atoms with Crippen molar-refractivity contribution < 1.29 is 18.1 Å². The lowest BCUT2D eigenvalue weighted by Gasteiger charge is -2.08. The Morgan fingerprint density at radius 3 is 2.70 bits per heavy atom. The Balaban J connectivity index is 1.28. The number of hydrogen-bond donors (Lipinski definition) is 1. The number of nitrogens with zero attached hydrogens (tertiary/aromatic N) is 4. The van der Waals surface area contributed by atoms with Gasteiger partial charge in [-0.3, -0.25) is 4.79 Å². The van der Waals surface area contributed by atoms with Gasteiger partial charge >= 0.3 is 0 Å². The number of benzene rings is 2. The Bertz CT molecular complexity index is 1140. The number of rotatable bonds is 7. The summed E-state index contributed by atoms with van der Waals surface area (Å²) in [5.41, 5.74) is 1.36. The number of hydrogen-bond acceptors (Lipinski definition) is 5. The highest BCUT2D eigenvalue weighted by atomic mass is 19.1. The number of amides is 1. The van der Waals surface area contributed by atoms with Crippen molar-refractivity contribution in [3.05, 3.63) is 78.7 Å². The Morgan fingerprint density at radius 1 is 1.13 bits per heavy atom. The minimum atomic E-state index is -0.468. The number of carbonyl (C=O) groups is 1. The molecule has 0 aliphatic rings. The van der Waals surface area contributed by atoms with E-state index in [1.807, 2.05) is 0 Å². The third kappa shape index (κ3) is 4.57. The Kier molecular flexibility index (Phi) is 5.60. The van der Waals surface area contributed by atoms with Gasteiger partial charge < -0.3 is 14.4 Å². The molecule has 2 heterocycles. The van der Waals surface area contributed by atoms with E-state index in [9.17, 15) is 13.6 Å². The van der Waals surface area contributed by atoms with Gasteiger partial charge in [0.2, 0.25) is 17.6 Å². The monoisotopic (exact) mass is 409 g/mol. The molecule has 0 bridgehead atoms. The van der Waals surface area contributed by atoms with Crippen LogP contribution >= 0.6 is 0 Å². The predicted molar refractivity (Wildman–Crippen MR) is 105 cm³/mol. The molecule has 30 heavy (non-hydrogen) atoms. The van der Waals surface area contributed by atoms with Crippen molar-refractivity contribution in [1.29, 1.82) is 0 Å². The molecule has 0 spiro atoms. The summed E-state index contributed by atoms with van der Waals surface area (Å²) in [5, 5.41) is 6.54. The highest BCUT2D eigenvalue weighted by molar-refractivity contribution is 5.90. The van der Waals surface area contributed by atoms with Crippen LogP contribution in [0.3, 0.4) is 0 Å². The molecule has 0 fully saturated rings. The van der Waals surface area contributed by atoms with Crippen molar-refractivity contribution in [2.24, 2.45) is 0 Å². The van der Waals surface area contributed by atoms with E-state index in [0.29, 0.717) is 41.5 Å². The van der Waals surface area contributed by atoms with Crippen LogP contribution in [0.5, 0.6) is 0 Å². The molecule has 2 aromatic heterocycles. The molecule has 1 amide bonds. The molecule has 4 rings (SSSR count). The first kappa shape index (κ1) is 19.4. The van der Waals surface area contributed by atoms with E-state index in [1.165, 1.54) is 24.5 Å². The number of carbonyl (C=O) groups excluding carboxylic acids is 1. The lowest BCUT2D eigenvalue weighted by molar-refractivity contribution is -0.116. The topological polar surface area (TPSA) is 85.8 Å². The smallest absolute Gasteiger partial charge is 0.226 e. The summed E-state index contributed by atoms with van der Waals surface area (Å²) in [7, 11) is 0. The average molecular weight is 409 g/mol. The molecule has 0 saturated carbocycles. The zero-order chi connectivity index (χ0) is 20.9. The van der Waals surface area contributed by atoms with Crippen molar-refractivity contribution >= 4 is 11.6 Å². The fourth-order valence-corrected chi connectivity index (χ4v) is 2.89. The molecule has 1 N–H and O–H groups in total. The first-order chi connectivity index (χ1) is 14.6. The third-order valence-electron chi connectivity index (χ3n) is 4.38. The van der Waals surface area contributed by atoms with Gasteiger partial charge in [-0.2, -0.15) is 4.98 Å². The van der Waals surface area contributed by atoms with Crippen LogP contribution in [0.2, 0.25) is 0 Å². The molecule has 4 aromatic rings. The zero-order valence-electron chi connectivity index (χ0n) is 15.8. The average Bonchev–Trinajstić information content (AvgIpc) is 3.41. The van der Waals surface area contributed by atoms with Gasteiger partial charge in [0, 0.05) is 36.5 Å². The number of halogens is 2. The first-order valence-electron chi connectivity index (χ1n) is 9.25. The van der Waals surface area contributed by atoms with Crippen LogP contribution in [0, 0.1) is 11.6 Å². The normalized spacial score (nSPS) is 10.9. The minimum Gasteiger partial charge on any atom is -0.339 e. The van der Waals surface area contributed by atoms with Crippen molar-refractivity contribution in [2.75, 3.05) is 5.32 Å². The first-order valence-corrected chi connectivity index (χ1v) is 9.25. The van der Waals surface area contributed by atoms with E-state index in [4.69, 9.17) is 4.52 Å². The van der Waals surface area contributed by atoms with Gasteiger partial charge in [-0.05, 0) is 48.9 Å². The second kappa shape index (κ2) is 8.64. The van der Waals surface area contributed by atoms with Gasteiger partial charge in [-0.25, -0.2) is 13.8 Å². The number of nitrogens with one attached hydrogen (secondary N) is 1. The molecule has 9 heteroatoms. The Hall–Kier alpha value is -3.88. The van der Waals surface area contributed by atoms with Crippen LogP contribution in [-0.2, 0) is 11.2 Å². The summed E-state index contributed by atoms with van der Waals surface area (Å²) in [4.78, 5) is 20.3. The van der Waals surface area contributed by atoms with Gasteiger partial charge in [-0.1, -0.05) is 5.16 Å². The SMILES string of the molecule is O=C(CCCc1nc(-c2ccc(F)cc2)no1)Nc1ccc(-n2ccnc2)c(F)c1. The summed E-state index contributed by atoms with van der Waals surface area (Å²) >= 11 is 0. The van der Waals surface area contributed by atoms with Crippen LogP contribution < -0.4 is 5.32 Å². The lowest BCUT2D eigenvalue weighted by atomic mass is 10.2. The lowest BCUT2D eigenvalue weighted by Crippen LogP contribution is -2.12. The molecule has 2 aromatic carbocycles. The molecule has 0 saturated heterocycles. The number of anilines is 1. The molecule has 152 valence electrons. The Morgan fingerprint density at radius 2 is 1.97 bits per heavy atom. The van der Waals surface area contributed by atoms with Crippen molar-refractivity contribution in [3.63, 3.8) is 0 Å². The highest BCUT2D eigenvalue weighted by Crippen LogP contribution is 2.19. The molecule has 0 atom stereocenters. The molecule has 7 nitrogen and oxygen atoms in total. The number of imidazole rings is 1. The Labute approximate surface area is 170 Å². The van der Waals surface area contributed by atoms with Gasteiger partial charge in [0.25, 0.3) is 0 Å². The minimum absolute atomic E-state index is 0.207. The van der Waals surface area contributed by atoms with E-state index < -0.39 is 5.82 Å². The van der Waals surface area contributed by atoms with E-state index >= 15 is 0 Å². The number of aromatic nitrogens is 4. The molecule has 0 aliphatic carbocycles. The molecule has 0 radical (unpaired) electrons. The summed E-state index contributed by atoms with van der Waals surface area (Å²) in [5.74, 6) is -0.307. The van der Waals surface area contributed by atoms with Crippen LogP contribution in [0.25, 0.3) is 17.1 Å². The van der Waals surface area contributed by atoms with Crippen molar-refractivity contribution in [3.8, 4) is 17.1 Å². The van der Waals surface area contributed by atoms with E-state index in [1.54, 1.807) is 41.2 Å². The largest absolute Gasteiger partial charge is 0.339 e. The van der Waals surface area contributed by atoms with Crippen molar-refractivity contribution in [1.82, 2.24) is 19.7 Å². The maximum Gasteiger partial charge on any atom is 0.226 e. The van der Waals surface area contributed by atoms with Gasteiger partial charge in [0.1, 0.15) is 11.6 Å². The van der Waals surface area contributed by atoms with Crippen LogP contribution in [0.15, 0.2) is 65.7 Å². The second-order valence-corrected chi connectivity index (χ2v) is 6.56. The predicted octanol–water partition coefficient (Wildman–Crippen LogP) is 4.16. The summed E-state index contributed by atoms with van der Waals surface area (Å²) in [6, 6.07) is 10.2. The molecular formula is C21H17F2N5O2. The fraction of sp³-hybridized carbons (Fsp3) is 0.143. The third-order valence-corrected chi connectivity index (χ3v) is 4.38. The zero-order valence-corrected chi connectivity index (χ0v) is 15.8. The van der Waals surface area contributed by atoms with E-state index in [-0.39, 0.29) is 18.1 Å². The summed E-state index contributed by atoms with van der Waals surface area (Å²) in [6.45, 7) is 0. The van der Waals surface area contributed by atoms with Crippen LogP contribution in [-0.4, -0.2) is 25.6 Å². The summed E-state index contributed by atoms with van der Waals surface area (Å²) in [6.07, 6.45) is 5.79. The van der Waals surface area contributed by atoms with Crippen LogP contribution in [0.4, 0.5) is 14.5 Å². The number of aryl methyl sites for hydroxylation is 1. The highest BCUT2D eigenvalue weighted by Gasteiger charge is 2.11. The maximum absolute atomic E-state index is 14.3. The van der Waals surface area contributed by atoms with E-state index in [0.717, 1.165) is 0 Å². The van der Waals surface area contributed by atoms with Crippen LogP contribution in [0.1, 0.15) is 18.7 Å². The second-order valence-electron chi connectivity index (χ2n) is 6.56. The van der Waals surface area contributed by atoms with Gasteiger partial charge in [0.15, 0.2) is 0 Å². The van der Waals surface area contributed by atoms with Crippen molar-refractivity contribution in [2.45, 2.75) is 19.3 Å². The molecule has 0 unspecified atom stereocenters. The maximum atomic E-state index is 14.3. The van der Waals surface area contributed by atoms with Gasteiger partial charge in [0.05, 0.1) is 12.0 Å². The standard InChI is InChI=1S/C21H17F2N5O2/c22-15-6-4-14(5-7-15)21-26-20(30-27-21)3-1-2-19(29)25-16-8-9-18(17(23)12-16)28-11-10-24-13-28/h4-13H,1-3H2,(H,25,29). The summed E-state index contributed by atoms with van der Waals surface area (Å²) < 4.78 is 34.0.